The van der Waals surface area contributed by atoms with Crippen molar-refractivity contribution >= 4 is 12.4 Å². The van der Waals surface area contributed by atoms with E-state index in [9.17, 15) is 4.57 Å². The van der Waals surface area contributed by atoms with Crippen LogP contribution in [0, 0.1) is 0 Å². The molecule has 1 aliphatic rings. The van der Waals surface area contributed by atoms with Crippen molar-refractivity contribution in [2.24, 2.45) is 0 Å². The summed E-state index contributed by atoms with van der Waals surface area (Å²) in [5.41, 5.74) is 1.19. The van der Waals surface area contributed by atoms with Gasteiger partial charge in [0.25, 0.3) is 0 Å². The summed E-state index contributed by atoms with van der Waals surface area (Å²) in [4.78, 5) is 0. The van der Waals surface area contributed by atoms with Crippen molar-refractivity contribution in [2.45, 2.75) is 6.92 Å². The van der Waals surface area contributed by atoms with Crippen LogP contribution >= 0.6 is 7.14 Å². The van der Waals surface area contributed by atoms with Crippen LogP contribution in [0.3, 0.4) is 0 Å². The van der Waals surface area contributed by atoms with Crippen molar-refractivity contribution in [3.8, 4) is 0 Å². The first-order chi connectivity index (χ1) is 6.71. The van der Waals surface area contributed by atoms with Crippen LogP contribution in [0.25, 0.3) is 0 Å². The minimum absolute atomic E-state index is 0.688. The molecule has 0 bridgehead atoms. The van der Waals surface area contributed by atoms with Gasteiger partial charge in [0.05, 0.1) is 0 Å². The maximum absolute atomic E-state index is 12.5. The van der Waals surface area contributed by atoms with Crippen molar-refractivity contribution in [2.75, 3.05) is 6.16 Å². The highest BCUT2D eigenvalue weighted by Crippen LogP contribution is 2.49. The molecule has 2 rings (SSSR count). The van der Waals surface area contributed by atoms with E-state index in [1.807, 2.05) is 55.2 Å². The molecule has 1 heterocycles. The molecule has 1 nitrogen and oxygen atoms in total. The van der Waals surface area contributed by atoms with Crippen LogP contribution < -0.4 is 5.30 Å². The van der Waals surface area contributed by atoms with Gasteiger partial charge in [0.15, 0.2) is 0 Å². The highest BCUT2D eigenvalue weighted by molar-refractivity contribution is 7.74. The summed E-state index contributed by atoms with van der Waals surface area (Å²) in [7, 11) is -2.27. The minimum atomic E-state index is -2.27. The number of benzene rings is 1. The summed E-state index contributed by atoms with van der Waals surface area (Å²) in [5.74, 6) is 1.86. The topological polar surface area (TPSA) is 17.1 Å². The lowest BCUT2D eigenvalue weighted by Gasteiger charge is -2.17. The molecule has 0 spiro atoms. The van der Waals surface area contributed by atoms with Crippen LogP contribution in [0.1, 0.15) is 6.92 Å². The van der Waals surface area contributed by atoms with Crippen molar-refractivity contribution in [1.82, 2.24) is 0 Å². The minimum Gasteiger partial charge on any atom is -0.314 e. The van der Waals surface area contributed by atoms with E-state index in [0.717, 1.165) is 5.30 Å². The molecule has 72 valence electrons. The molecule has 0 amide bonds. The highest BCUT2D eigenvalue weighted by Gasteiger charge is 2.22. The average molecular weight is 204 g/mol. The highest BCUT2D eigenvalue weighted by atomic mass is 31.2. The molecule has 0 aliphatic carbocycles. The smallest absolute Gasteiger partial charge is 0.140 e. The molecule has 0 radical (unpaired) electrons. The Labute approximate surface area is 84.5 Å². The molecule has 0 saturated heterocycles. The molecule has 1 aromatic rings. The molecule has 14 heavy (non-hydrogen) atoms. The molecule has 1 aliphatic heterocycles. The Kier molecular flexibility index (Phi) is 2.43. The van der Waals surface area contributed by atoms with Gasteiger partial charge in [0, 0.05) is 11.5 Å². The van der Waals surface area contributed by atoms with E-state index >= 15 is 0 Å². The maximum atomic E-state index is 12.5. The zero-order valence-electron chi connectivity index (χ0n) is 8.18. The SMILES string of the molecule is CC1=CC=CP(=O)(c2ccccc2)C1. The van der Waals surface area contributed by atoms with Crippen molar-refractivity contribution in [3.63, 3.8) is 0 Å². The maximum Gasteiger partial charge on any atom is 0.140 e. The zero-order valence-corrected chi connectivity index (χ0v) is 9.08. The van der Waals surface area contributed by atoms with Gasteiger partial charge in [-0.3, -0.25) is 0 Å². The number of allylic oxidation sites excluding steroid dienone is 3. The second-order valence-corrected chi connectivity index (χ2v) is 6.37. The second kappa shape index (κ2) is 3.59. The summed E-state index contributed by atoms with van der Waals surface area (Å²) in [6, 6.07) is 9.73. The predicted molar refractivity (Wildman–Crippen MR) is 61.4 cm³/mol. The quantitative estimate of drug-likeness (QED) is 0.642. The Bertz CT molecular complexity index is 429. The van der Waals surface area contributed by atoms with Crippen LogP contribution in [0.15, 0.2) is 53.9 Å². The van der Waals surface area contributed by atoms with Gasteiger partial charge in [0.2, 0.25) is 0 Å². The molecular formula is C12H13OP. The lowest BCUT2D eigenvalue weighted by Crippen LogP contribution is -2.07. The molecule has 0 fully saturated rings. The van der Waals surface area contributed by atoms with Crippen LogP contribution in [0.5, 0.6) is 0 Å². The Morgan fingerprint density at radius 1 is 1.21 bits per heavy atom. The standard InChI is InChI=1S/C12H13OP/c1-11-6-5-9-14(13,10-11)12-7-3-2-4-8-12/h2-9H,10H2,1H3. The van der Waals surface area contributed by atoms with E-state index in [0.29, 0.717) is 6.16 Å². The first-order valence-electron chi connectivity index (χ1n) is 4.70. The Hall–Kier alpha value is -1.07. The number of rotatable bonds is 1. The summed E-state index contributed by atoms with van der Waals surface area (Å²) >= 11 is 0. The lowest BCUT2D eigenvalue weighted by atomic mass is 10.3. The zero-order chi connectivity index (χ0) is 10.0. The fourth-order valence-corrected chi connectivity index (χ4v) is 4.03. The Balaban J connectivity index is 2.41. The molecule has 1 unspecified atom stereocenters. The van der Waals surface area contributed by atoms with Gasteiger partial charge in [-0.1, -0.05) is 48.1 Å². The average Bonchev–Trinajstić information content (AvgIpc) is 2.19. The van der Waals surface area contributed by atoms with Gasteiger partial charge in [-0.2, -0.15) is 0 Å². The summed E-state index contributed by atoms with van der Waals surface area (Å²) in [5, 5.41) is 0.962. The largest absolute Gasteiger partial charge is 0.314 e. The van der Waals surface area contributed by atoms with Crippen LogP contribution in [-0.4, -0.2) is 6.16 Å². The molecule has 1 aromatic carbocycles. The van der Waals surface area contributed by atoms with Gasteiger partial charge >= 0.3 is 0 Å². The van der Waals surface area contributed by atoms with Crippen LogP contribution in [0.4, 0.5) is 0 Å². The van der Waals surface area contributed by atoms with Gasteiger partial charge in [-0.25, -0.2) is 0 Å². The molecule has 2 heteroatoms. The van der Waals surface area contributed by atoms with E-state index in [4.69, 9.17) is 0 Å². The Morgan fingerprint density at radius 3 is 2.57 bits per heavy atom. The van der Waals surface area contributed by atoms with Gasteiger partial charge < -0.3 is 4.57 Å². The fraction of sp³-hybridized carbons (Fsp3) is 0.167. The first kappa shape index (κ1) is 9.48. The third-order valence-corrected chi connectivity index (χ3v) is 5.18. The first-order valence-corrected chi connectivity index (χ1v) is 6.66. The Morgan fingerprint density at radius 2 is 1.93 bits per heavy atom. The predicted octanol–water partition coefficient (Wildman–Crippen LogP) is 3.15. The lowest BCUT2D eigenvalue weighted by molar-refractivity contribution is 0.587. The molecule has 0 N–H and O–H groups in total. The van der Waals surface area contributed by atoms with Crippen molar-refractivity contribution < 1.29 is 4.57 Å². The monoisotopic (exact) mass is 204 g/mol. The third-order valence-electron chi connectivity index (χ3n) is 2.39. The van der Waals surface area contributed by atoms with Crippen LogP contribution in [0.2, 0.25) is 0 Å². The van der Waals surface area contributed by atoms with Gasteiger partial charge in [-0.05, 0) is 12.7 Å². The summed E-state index contributed by atoms with van der Waals surface area (Å²) in [6.07, 6.45) is 4.62. The third kappa shape index (κ3) is 1.73. The van der Waals surface area contributed by atoms with Gasteiger partial charge in [-0.15, -0.1) is 0 Å². The number of hydrogen-bond donors (Lipinski definition) is 0. The van der Waals surface area contributed by atoms with E-state index in [1.54, 1.807) is 0 Å². The van der Waals surface area contributed by atoms with E-state index in [1.165, 1.54) is 5.57 Å². The molecule has 0 saturated carbocycles. The van der Waals surface area contributed by atoms with Crippen molar-refractivity contribution in [1.29, 1.82) is 0 Å². The summed E-state index contributed by atoms with van der Waals surface area (Å²) in [6.45, 7) is 2.03. The number of hydrogen-bond acceptors (Lipinski definition) is 1. The van der Waals surface area contributed by atoms with Gasteiger partial charge in [0.1, 0.15) is 7.14 Å². The molecular weight excluding hydrogens is 191 g/mol. The second-order valence-electron chi connectivity index (χ2n) is 3.64. The molecule has 1 atom stereocenters. The van der Waals surface area contributed by atoms with Crippen LogP contribution in [-0.2, 0) is 4.57 Å². The van der Waals surface area contributed by atoms with E-state index in [2.05, 4.69) is 0 Å². The van der Waals surface area contributed by atoms with E-state index in [-0.39, 0.29) is 0 Å². The summed E-state index contributed by atoms with van der Waals surface area (Å²) < 4.78 is 12.5. The fourth-order valence-electron chi connectivity index (χ4n) is 1.68. The normalized spacial score (nSPS) is 25.9. The molecule has 0 aromatic heterocycles. The van der Waals surface area contributed by atoms with E-state index < -0.39 is 7.14 Å². The van der Waals surface area contributed by atoms with Crippen molar-refractivity contribution in [3.05, 3.63) is 53.9 Å².